The van der Waals surface area contributed by atoms with Crippen molar-refractivity contribution >= 4 is 6.29 Å². The molecule has 0 aromatic heterocycles. The fourth-order valence-corrected chi connectivity index (χ4v) is 3.70. The molecule has 0 radical (unpaired) electrons. The first-order valence-electron chi connectivity index (χ1n) is 9.42. The largest absolute Gasteiger partial charge is 0.493 e. The average molecular weight is 368 g/mol. The van der Waals surface area contributed by atoms with Crippen LogP contribution >= 0.6 is 0 Å². The van der Waals surface area contributed by atoms with E-state index >= 15 is 0 Å². The van der Waals surface area contributed by atoms with Gasteiger partial charge in [-0.05, 0) is 74.6 Å². The molecule has 0 N–H and O–H groups in total. The Labute approximate surface area is 161 Å². The van der Waals surface area contributed by atoms with Crippen LogP contribution in [0.25, 0.3) is 11.1 Å². The van der Waals surface area contributed by atoms with Crippen molar-refractivity contribution in [3.05, 3.63) is 52.6 Å². The molecule has 0 amide bonds. The fraction of sp³-hybridized carbons (Fsp3) is 0.435. The molecule has 0 spiro atoms. The zero-order valence-electron chi connectivity index (χ0n) is 16.8. The maximum absolute atomic E-state index is 11.3. The Morgan fingerprint density at radius 3 is 2.48 bits per heavy atom. The minimum atomic E-state index is -0.493. The van der Waals surface area contributed by atoms with Gasteiger partial charge in [0.05, 0.1) is 19.3 Å². The number of carbonyl (C=O) groups is 1. The summed E-state index contributed by atoms with van der Waals surface area (Å²) >= 11 is 0. The van der Waals surface area contributed by atoms with Gasteiger partial charge in [0.25, 0.3) is 0 Å². The summed E-state index contributed by atoms with van der Waals surface area (Å²) in [7, 11) is 0. The Kier molecular flexibility index (Phi) is 5.68. The monoisotopic (exact) mass is 368 g/mol. The average Bonchev–Trinajstić information content (AvgIpc) is 2.95. The van der Waals surface area contributed by atoms with Crippen LogP contribution in [0, 0.1) is 20.8 Å². The molecule has 144 valence electrons. The van der Waals surface area contributed by atoms with E-state index in [0.717, 1.165) is 51.8 Å². The summed E-state index contributed by atoms with van der Waals surface area (Å²) in [6.45, 7) is 11.2. The molecule has 0 saturated carbocycles. The molecular formula is C23H28O4. The summed E-state index contributed by atoms with van der Waals surface area (Å²) in [4.78, 5) is 11.3. The van der Waals surface area contributed by atoms with Gasteiger partial charge in [0.1, 0.15) is 12.0 Å². The van der Waals surface area contributed by atoms with E-state index < -0.39 is 5.79 Å². The summed E-state index contributed by atoms with van der Waals surface area (Å²) in [6.07, 6.45) is 1.79. The molecule has 0 bridgehead atoms. The van der Waals surface area contributed by atoms with E-state index in [9.17, 15) is 4.79 Å². The number of carbonyl (C=O) groups excluding carboxylic acids is 1. The number of benzene rings is 2. The molecule has 27 heavy (non-hydrogen) atoms. The van der Waals surface area contributed by atoms with Crippen molar-refractivity contribution < 1.29 is 19.0 Å². The van der Waals surface area contributed by atoms with Crippen molar-refractivity contribution in [2.45, 2.75) is 52.9 Å². The highest BCUT2D eigenvalue weighted by atomic mass is 16.7. The van der Waals surface area contributed by atoms with Crippen LogP contribution in [0.4, 0.5) is 0 Å². The number of aldehydes is 1. The van der Waals surface area contributed by atoms with Crippen LogP contribution in [0.1, 0.15) is 47.3 Å². The summed E-state index contributed by atoms with van der Waals surface area (Å²) in [5.41, 5.74) is 6.27. The first-order valence-corrected chi connectivity index (χ1v) is 9.42. The van der Waals surface area contributed by atoms with Crippen LogP contribution in [0.5, 0.6) is 5.75 Å². The van der Waals surface area contributed by atoms with Crippen LogP contribution in [0.2, 0.25) is 0 Å². The van der Waals surface area contributed by atoms with Gasteiger partial charge in [-0.25, -0.2) is 0 Å². The van der Waals surface area contributed by atoms with Crippen LogP contribution in [-0.4, -0.2) is 31.4 Å². The first kappa shape index (κ1) is 19.6. The highest BCUT2D eigenvalue weighted by Gasteiger charge is 2.32. The van der Waals surface area contributed by atoms with Crippen molar-refractivity contribution in [1.82, 2.24) is 0 Å². The van der Waals surface area contributed by atoms with Crippen LogP contribution in [0.15, 0.2) is 30.3 Å². The van der Waals surface area contributed by atoms with Gasteiger partial charge in [0.15, 0.2) is 5.79 Å². The molecule has 0 unspecified atom stereocenters. The van der Waals surface area contributed by atoms with Gasteiger partial charge in [-0.1, -0.05) is 18.2 Å². The smallest absolute Gasteiger partial charge is 0.163 e. The highest BCUT2D eigenvalue weighted by molar-refractivity contribution is 5.84. The second-order valence-electron chi connectivity index (χ2n) is 7.66. The normalized spacial score (nSPS) is 18.5. The molecule has 2 aromatic carbocycles. The third-order valence-corrected chi connectivity index (χ3v) is 5.05. The van der Waals surface area contributed by atoms with Crippen LogP contribution < -0.4 is 4.74 Å². The molecule has 1 fully saturated rings. The number of rotatable bonds is 6. The highest BCUT2D eigenvalue weighted by Crippen LogP contribution is 2.34. The molecule has 1 aliphatic rings. The van der Waals surface area contributed by atoms with Crippen molar-refractivity contribution in [2.24, 2.45) is 0 Å². The van der Waals surface area contributed by atoms with Gasteiger partial charge in [-0.3, -0.25) is 4.79 Å². The van der Waals surface area contributed by atoms with E-state index in [1.807, 2.05) is 32.9 Å². The van der Waals surface area contributed by atoms with Crippen molar-refractivity contribution in [1.29, 1.82) is 0 Å². The Hall–Kier alpha value is -2.17. The zero-order chi connectivity index (χ0) is 19.6. The lowest BCUT2D eigenvalue weighted by Crippen LogP contribution is -2.22. The number of hydrogen-bond acceptors (Lipinski definition) is 4. The number of hydrogen-bond donors (Lipinski definition) is 0. The summed E-state index contributed by atoms with van der Waals surface area (Å²) < 4.78 is 17.4. The number of aryl methyl sites for hydroxylation is 2. The lowest BCUT2D eigenvalue weighted by atomic mass is 9.90. The summed E-state index contributed by atoms with van der Waals surface area (Å²) in [6, 6.07) is 9.97. The second kappa shape index (κ2) is 7.83. The van der Waals surface area contributed by atoms with Gasteiger partial charge < -0.3 is 14.2 Å². The van der Waals surface area contributed by atoms with Gasteiger partial charge in [0, 0.05) is 12.0 Å². The van der Waals surface area contributed by atoms with E-state index in [1.54, 1.807) is 0 Å². The first-order chi connectivity index (χ1) is 12.8. The van der Waals surface area contributed by atoms with Crippen molar-refractivity contribution in [2.75, 3.05) is 13.2 Å². The molecule has 1 aliphatic heterocycles. The summed E-state index contributed by atoms with van der Waals surface area (Å²) in [5.74, 6) is 0.365. The lowest BCUT2D eigenvalue weighted by Gasteiger charge is -2.18. The van der Waals surface area contributed by atoms with E-state index in [1.165, 1.54) is 0 Å². The molecule has 4 nitrogen and oxygen atoms in total. The van der Waals surface area contributed by atoms with Gasteiger partial charge in [-0.15, -0.1) is 0 Å². The molecule has 4 heteroatoms. The topological polar surface area (TPSA) is 44.8 Å². The molecule has 1 saturated heterocycles. The molecule has 1 heterocycles. The van der Waals surface area contributed by atoms with Crippen LogP contribution in [-0.2, 0) is 9.47 Å². The number of ether oxygens (including phenoxy) is 3. The molecule has 0 aliphatic carbocycles. The van der Waals surface area contributed by atoms with Gasteiger partial charge in [0.2, 0.25) is 0 Å². The van der Waals surface area contributed by atoms with Crippen molar-refractivity contribution in [3.63, 3.8) is 0 Å². The second-order valence-corrected chi connectivity index (χ2v) is 7.66. The molecule has 3 rings (SSSR count). The molecule has 2 aromatic rings. The van der Waals surface area contributed by atoms with E-state index in [0.29, 0.717) is 13.2 Å². The predicted octanol–water partition coefficient (Wildman–Crippen LogP) is 5.01. The van der Waals surface area contributed by atoms with E-state index in [2.05, 4.69) is 32.0 Å². The predicted molar refractivity (Wildman–Crippen MR) is 106 cm³/mol. The van der Waals surface area contributed by atoms with Gasteiger partial charge in [-0.2, -0.15) is 0 Å². The Bertz CT molecular complexity index is 815. The minimum Gasteiger partial charge on any atom is -0.493 e. The quantitative estimate of drug-likeness (QED) is 0.672. The maximum Gasteiger partial charge on any atom is 0.163 e. The Morgan fingerprint density at radius 1 is 1.19 bits per heavy atom. The minimum absolute atomic E-state index is 0.0789. The lowest BCUT2D eigenvalue weighted by molar-refractivity contribution is -0.139. The third kappa shape index (κ3) is 4.40. The summed E-state index contributed by atoms with van der Waals surface area (Å²) in [5, 5.41) is 0. The molecule has 1 atom stereocenters. The SMILES string of the molecule is Cc1cc(OCC[C@@H]2COC(C)(C)O2)cc(C)c1-c1cccc(C=O)c1C. The van der Waals surface area contributed by atoms with Crippen molar-refractivity contribution in [3.8, 4) is 16.9 Å². The Balaban J connectivity index is 1.73. The van der Waals surface area contributed by atoms with Gasteiger partial charge >= 0.3 is 0 Å². The van der Waals surface area contributed by atoms with E-state index in [-0.39, 0.29) is 6.10 Å². The fourth-order valence-electron chi connectivity index (χ4n) is 3.70. The molecular weight excluding hydrogens is 340 g/mol. The Morgan fingerprint density at radius 2 is 1.89 bits per heavy atom. The third-order valence-electron chi connectivity index (χ3n) is 5.05. The zero-order valence-corrected chi connectivity index (χ0v) is 16.8. The van der Waals surface area contributed by atoms with E-state index in [4.69, 9.17) is 14.2 Å². The van der Waals surface area contributed by atoms with Crippen LogP contribution in [0.3, 0.4) is 0 Å². The maximum atomic E-state index is 11.3. The standard InChI is InChI=1S/C23H28O4/c1-15-11-20(25-10-9-19-14-26-23(4,5)27-19)12-16(2)22(15)21-8-6-7-18(13-24)17(21)3/h6-8,11-13,19H,9-10,14H2,1-5H3/t19-/m1/s1.